The van der Waals surface area contributed by atoms with Crippen LogP contribution in [0.2, 0.25) is 0 Å². The highest BCUT2D eigenvalue weighted by Gasteiger charge is 2.54. The van der Waals surface area contributed by atoms with Gasteiger partial charge in [0.2, 0.25) is 0 Å². The van der Waals surface area contributed by atoms with E-state index >= 15 is 0 Å². The molecule has 5 aromatic rings. The lowest BCUT2D eigenvalue weighted by Gasteiger charge is -2.32. The number of benzene rings is 3. The molecule has 1 saturated heterocycles. The van der Waals surface area contributed by atoms with Crippen LogP contribution in [0.3, 0.4) is 0 Å². The van der Waals surface area contributed by atoms with Gasteiger partial charge in [-0.3, -0.25) is 0 Å². The van der Waals surface area contributed by atoms with Crippen LogP contribution in [0.15, 0.2) is 71.1 Å². The summed E-state index contributed by atoms with van der Waals surface area (Å²) >= 11 is 0. The zero-order chi connectivity index (χ0) is 24.8. The summed E-state index contributed by atoms with van der Waals surface area (Å²) in [5, 5.41) is 3.53. The average Bonchev–Trinajstić information content (AvgIpc) is 3.40. The van der Waals surface area contributed by atoms with Crippen LogP contribution in [0, 0.1) is 0 Å². The van der Waals surface area contributed by atoms with Gasteiger partial charge in [-0.25, -0.2) is 0 Å². The predicted octanol–water partition coefficient (Wildman–Crippen LogP) is 7.13. The van der Waals surface area contributed by atoms with E-state index in [0.717, 1.165) is 27.9 Å². The number of hydrogen-bond acceptors (Lipinski definition) is 3. The quantitative estimate of drug-likeness (QED) is 0.260. The lowest BCUT2D eigenvalue weighted by Crippen LogP contribution is -2.41. The summed E-state index contributed by atoms with van der Waals surface area (Å²) in [6.07, 6.45) is 0. The molecule has 0 unspecified atom stereocenters. The van der Waals surface area contributed by atoms with E-state index in [1.54, 1.807) is 0 Å². The van der Waals surface area contributed by atoms with Crippen molar-refractivity contribution in [2.75, 3.05) is 0 Å². The molecule has 0 amide bonds. The Bertz CT molecular complexity index is 1530. The Hall–Kier alpha value is -3.02. The van der Waals surface area contributed by atoms with Crippen LogP contribution in [0.4, 0.5) is 0 Å². The van der Waals surface area contributed by atoms with Crippen LogP contribution in [0.1, 0.15) is 54.2 Å². The summed E-state index contributed by atoms with van der Waals surface area (Å²) in [4.78, 5) is 0. The lowest BCUT2D eigenvalue weighted by atomic mass is 9.72. The molecule has 35 heavy (non-hydrogen) atoms. The van der Waals surface area contributed by atoms with Crippen molar-refractivity contribution in [1.82, 2.24) is 4.57 Å². The fourth-order valence-electron chi connectivity index (χ4n) is 5.20. The van der Waals surface area contributed by atoms with Crippen LogP contribution in [-0.4, -0.2) is 22.9 Å². The molecule has 0 saturated carbocycles. The smallest absolute Gasteiger partial charge is 0.461 e. The molecule has 0 radical (unpaired) electrons. The van der Waals surface area contributed by atoms with E-state index in [1.807, 2.05) is 0 Å². The topological polar surface area (TPSA) is 36.5 Å². The molecule has 0 bridgehead atoms. The third-order valence-electron chi connectivity index (χ3n) is 7.72. The van der Waals surface area contributed by atoms with Crippen LogP contribution in [0.25, 0.3) is 38.5 Å². The van der Waals surface area contributed by atoms with Crippen molar-refractivity contribution in [3.8, 4) is 5.69 Å². The molecule has 4 nitrogen and oxygen atoms in total. The van der Waals surface area contributed by atoms with Crippen molar-refractivity contribution >= 4 is 45.4 Å². The third-order valence-corrected chi connectivity index (χ3v) is 7.72. The summed E-state index contributed by atoms with van der Waals surface area (Å²) in [5.41, 5.74) is 4.24. The van der Waals surface area contributed by atoms with Gasteiger partial charge in [0.15, 0.2) is 0 Å². The Kier molecular flexibility index (Phi) is 4.65. The second-order valence-corrected chi connectivity index (χ2v) is 11.7. The highest BCUT2D eigenvalue weighted by Crippen LogP contribution is 2.40. The molecular weight excluding hydrogens is 433 g/mol. The first-order valence-corrected chi connectivity index (χ1v) is 12.4. The Balaban J connectivity index is 1.63. The van der Waals surface area contributed by atoms with Crippen molar-refractivity contribution in [1.29, 1.82) is 0 Å². The molecule has 1 aliphatic heterocycles. The molecule has 0 atom stereocenters. The van der Waals surface area contributed by atoms with Crippen LogP contribution < -0.4 is 5.46 Å². The number of aromatic nitrogens is 1. The zero-order valence-corrected chi connectivity index (χ0v) is 21.6. The first-order valence-electron chi connectivity index (χ1n) is 12.4. The highest BCUT2D eigenvalue weighted by molar-refractivity contribution is 6.65. The molecule has 0 N–H and O–H groups in total. The van der Waals surface area contributed by atoms with Crippen molar-refractivity contribution in [2.45, 2.75) is 65.1 Å². The number of hydrogen-bond donors (Lipinski definition) is 0. The first kappa shape index (κ1) is 22.4. The molecule has 5 heteroatoms. The second-order valence-electron chi connectivity index (χ2n) is 11.7. The van der Waals surface area contributed by atoms with Crippen molar-refractivity contribution < 1.29 is 13.7 Å². The molecular formula is C30H32BNO3. The number of para-hydroxylation sites is 2. The fourth-order valence-corrected chi connectivity index (χ4v) is 5.20. The number of nitrogens with zero attached hydrogens (tertiary/aromatic N) is 1. The average molecular weight is 465 g/mol. The van der Waals surface area contributed by atoms with Gasteiger partial charge in [0.1, 0.15) is 11.3 Å². The first-order chi connectivity index (χ1) is 16.5. The Morgan fingerprint density at radius 3 is 1.80 bits per heavy atom. The molecule has 178 valence electrons. The van der Waals surface area contributed by atoms with Gasteiger partial charge in [-0.05, 0) is 58.0 Å². The summed E-state index contributed by atoms with van der Waals surface area (Å²) in [5.74, 6) is 0.908. The number of fused-ring (bicyclic) bond motifs is 4. The van der Waals surface area contributed by atoms with Gasteiger partial charge < -0.3 is 18.3 Å². The van der Waals surface area contributed by atoms with Crippen molar-refractivity contribution in [2.24, 2.45) is 0 Å². The summed E-state index contributed by atoms with van der Waals surface area (Å²) in [6, 6.07) is 23.6. The summed E-state index contributed by atoms with van der Waals surface area (Å²) in [7, 11) is -0.496. The lowest BCUT2D eigenvalue weighted by molar-refractivity contribution is 0.00578. The van der Waals surface area contributed by atoms with Gasteiger partial charge in [-0.2, -0.15) is 0 Å². The maximum atomic E-state index is 6.53. The summed E-state index contributed by atoms with van der Waals surface area (Å²) in [6.45, 7) is 14.9. The van der Waals surface area contributed by atoms with Gasteiger partial charge >= 0.3 is 7.12 Å². The Morgan fingerprint density at radius 1 is 0.714 bits per heavy atom. The van der Waals surface area contributed by atoms with Crippen LogP contribution in [-0.2, 0) is 14.7 Å². The summed E-state index contributed by atoms with van der Waals surface area (Å²) < 4.78 is 21.9. The van der Waals surface area contributed by atoms with Gasteiger partial charge in [0, 0.05) is 32.7 Å². The normalized spacial score (nSPS) is 17.7. The monoisotopic (exact) mass is 465 g/mol. The largest absolute Gasteiger partial charge is 0.499 e. The molecule has 6 rings (SSSR count). The second kappa shape index (κ2) is 7.25. The molecule has 1 fully saturated rings. The van der Waals surface area contributed by atoms with E-state index in [0.29, 0.717) is 0 Å². The van der Waals surface area contributed by atoms with Crippen LogP contribution in [0.5, 0.6) is 0 Å². The third kappa shape index (κ3) is 3.29. The minimum Gasteiger partial charge on any atom is -0.461 e. The van der Waals surface area contributed by atoms with E-state index in [1.165, 1.54) is 21.8 Å². The van der Waals surface area contributed by atoms with Gasteiger partial charge in [0.25, 0.3) is 0 Å². The van der Waals surface area contributed by atoms with E-state index in [2.05, 4.69) is 120 Å². The maximum Gasteiger partial charge on any atom is 0.499 e. The maximum absolute atomic E-state index is 6.53. The molecule has 2 aromatic heterocycles. The molecule has 3 aromatic carbocycles. The minimum atomic E-state index is -0.496. The van der Waals surface area contributed by atoms with E-state index in [9.17, 15) is 0 Å². The van der Waals surface area contributed by atoms with Crippen molar-refractivity contribution in [3.05, 3.63) is 72.5 Å². The van der Waals surface area contributed by atoms with E-state index in [-0.39, 0.29) is 5.41 Å². The van der Waals surface area contributed by atoms with Crippen molar-refractivity contribution in [3.63, 3.8) is 0 Å². The van der Waals surface area contributed by atoms with Gasteiger partial charge in [-0.1, -0.05) is 57.2 Å². The molecule has 0 spiro atoms. The standard InChI is InChI=1S/C30H32BNO3/c1-28(2,3)27-26(31-34-29(4,5)30(6,7)35-31)22-18-19(16-17-25(22)33-27)32-23-14-10-8-12-20(23)21-13-9-11-15-24(21)32/h8-18H,1-7H3. The molecule has 1 aliphatic rings. The van der Waals surface area contributed by atoms with Crippen LogP contribution >= 0.6 is 0 Å². The number of furan rings is 1. The highest BCUT2D eigenvalue weighted by atomic mass is 16.7. The minimum absolute atomic E-state index is 0.203. The van der Waals surface area contributed by atoms with E-state index < -0.39 is 18.3 Å². The Morgan fingerprint density at radius 2 is 1.26 bits per heavy atom. The molecule has 0 aliphatic carbocycles. The Labute approximate surface area is 207 Å². The zero-order valence-electron chi connectivity index (χ0n) is 21.6. The van der Waals surface area contributed by atoms with E-state index in [4.69, 9.17) is 13.7 Å². The van der Waals surface area contributed by atoms with Gasteiger partial charge in [0.05, 0.1) is 22.2 Å². The predicted molar refractivity (Wildman–Crippen MR) is 145 cm³/mol. The SMILES string of the molecule is CC(C)(C)c1oc2ccc(-n3c4ccccc4c4ccccc43)cc2c1B1OC(C)(C)C(C)(C)O1. The molecule has 3 heterocycles. The number of rotatable bonds is 2. The fraction of sp³-hybridized carbons (Fsp3) is 0.333. The van der Waals surface area contributed by atoms with Gasteiger partial charge in [-0.15, -0.1) is 0 Å².